The Morgan fingerprint density at radius 3 is 2.54 bits per heavy atom. The molecule has 2 aromatic heterocycles. The number of nitrogens with two attached hydrogens (primary N) is 1. The molecule has 0 radical (unpaired) electrons. The molecule has 1 unspecified atom stereocenters. The van der Waals surface area contributed by atoms with Crippen LogP contribution >= 0.6 is 0 Å². The van der Waals surface area contributed by atoms with E-state index in [9.17, 15) is 23.6 Å². The van der Waals surface area contributed by atoms with Gasteiger partial charge in [0.15, 0.2) is 11.6 Å². The zero-order valence-electron chi connectivity index (χ0n) is 21.2. The highest BCUT2D eigenvalue weighted by Crippen LogP contribution is 2.31. The van der Waals surface area contributed by atoms with E-state index in [1.807, 2.05) is 11.0 Å². The van der Waals surface area contributed by atoms with Crippen molar-refractivity contribution in [1.82, 2.24) is 29.7 Å². The summed E-state index contributed by atoms with van der Waals surface area (Å²) in [7, 11) is 0. The minimum Gasteiger partial charge on any atom is -0.365 e. The molecule has 0 aliphatic carbocycles. The second-order valence-electron chi connectivity index (χ2n) is 9.20. The number of anilines is 1. The Labute approximate surface area is 221 Å². The Balaban J connectivity index is 1.30. The second kappa shape index (κ2) is 10.1. The summed E-state index contributed by atoms with van der Waals surface area (Å²) in [6.07, 6.45) is 3.02. The quantitative estimate of drug-likeness (QED) is 0.539. The first kappa shape index (κ1) is 25.7. The number of hydrogen-bond donors (Lipinski definition) is 1. The van der Waals surface area contributed by atoms with Crippen LogP contribution in [0, 0.1) is 36.8 Å². The van der Waals surface area contributed by atoms with Crippen LogP contribution in [0.1, 0.15) is 45.3 Å². The van der Waals surface area contributed by atoms with Crippen molar-refractivity contribution in [2.24, 2.45) is 10.8 Å². The summed E-state index contributed by atoms with van der Waals surface area (Å²) in [4.78, 5) is 37.0. The summed E-state index contributed by atoms with van der Waals surface area (Å²) < 4.78 is 30.0. The fourth-order valence-electron chi connectivity index (χ4n) is 4.84. The molecule has 200 valence electrons. The number of rotatable bonds is 4. The summed E-state index contributed by atoms with van der Waals surface area (Å²) in [5, 5.41) is 18.9. The van der Waals surface area contributed by atoms with E-state index < -0.39 is 23.6 Å². The van der Waals surface area contributed by atoms with E-state index in [-0.39, 0.29) is 28.9 Å². The minimum absolute atomic E-state index is 0.118. The van der Waals surface area contributed by atoms with Crippen LogP contribution in [-0.2, 0) is 0 Å². The second-order valence-corrected chi connectivity index (χ2v) is 9.20. The normalized spacial score (nSPS) is 17.0. The van der Waals surface area contributed by atoms with Crippen molar-refractivity contribution < 1.29 is 18.4 Å². The molecule has 2 N–H and O–H groups in total. The average Bonchev–Trinajstić information content (AvgIpc) is 3.52. The Kier molecular flexibility index (Phi) is 6.65. The van der Waals surface area contributed by atoms with Gasteiger partial charge in [0.05, 0.1) is 40.8 Å². The van der Waals surface area contributed by atoms with E-state index in [2.05, 4.69) is 20.2 Å². The lowest BCUT2D eigenvalue weighted by Gasteiger charge is -2.37. The van der Waals surface area contributed by atoms with E-state index in [4.69, 9.17) is 5.73 Å². The highest BCUT2D eigenvalue weighted by atomic mass is 19.1. The maximum atomic E-state index is 14.7. The molecule has 1 aromatic carbocycles. The first-order valence-corrected chi connectivity index (χ1v) is 12.1. The number of benzene rings is 1. The number of primary amides is 1. The fourth-order valence-corrected chi connectivity index (χ4v) is 4.84. The molecule has 39 heavy (non-hydrogen) atoms. The molecule has 3 amide bonds. The summed E-state index contributed by atoms with van der Waals surface area (Å²) in [6, 6.07) is 5.05. The summed E-state index contributed by atoms with van der Waals surface area (Å²) in [5.74, 6) is -1.81. The van der Waals surface area contributed by atoms with Crippen molar-refractivity contribution in [3.05, 3.63) is 64.1 Å². The van der Waals surface area contributed by atoms with Gasteiger partial charge in [-0.05, 0) is 37.6 Å². The van der Waals surface area contributed by atoms with Crippen LogP contribution in [0.5, 0.6) is 0 Å². The maximum Gasteiger partial charge on any atom is 0.341 e. The molecule has 12 nitrogen and oxygen atoms in total. The average molecular weight is 535 g/mol. The lowest BCUT2D eigenvalue weighted by molar-refractivity contribution is 0.0999. The number of carbonyl (C=O) groups excluding carboxylic acids is 2. The van der Waals surface area contributed by atoms with E-state index in [1.54, 1.807) is 31.0 Å². The van der Waals surface area contributed by atoms with Gasteiger partial charge >= 0.3 is 6.03 Å². The van der Waals surface area contributed by atoms with Crippen LogP contribution in [0.15, 0.2) is 29.5 Å². The zero-order valence-corrected chi connectivity index (χ0v) is 21.2. The number of nitrogens with zero attached hydrogens (tertiary/aromatic N) is 9. The van der Waals surface area contributed by atoms with Crippen LogP contribution in [0.4, 0.5) is 19.5 Å². The topological polar surface area (TPSA) is 150 Å². The Morgan fingerprint density at radius 1 is 1.13 bits per heavy atom. The van der Waals surface area contributed by atoms with Crippen molar-refractivity contribution in [2.75, 3.05) is 31.1 Å². The molecule has 2 aliphatic rings. The SMILES string of the molecule is Cc1nn(-c2nc(N3CCN(C(=O)N4N=CCC4c4cc(F)cc(C#N)c4)CC3)ncc2F)c(C)c1C(N)=O. The van der Waals surface area contributed by atoms with Gasteiger partial charge in [-0.15, -0.1) is 0 Å². The highest BCUT2D eigenvalue weighted by molar-refractivity contribution is 5.95. The van der Waals surface area contributed by atoms with Crippen LogP contribution in [0.25, 0.3) is 5.82 Å². The lowest BCUT2D eigenvalue weighted by atomic mass is 10.0. The summed E-state index contributed by atoms with van der Waals surface area (Å²) in [6.45, 7) is 4.55. The lowest BCUT2D eigenvalue weighted by Crippen LogP contribution is -2.52. The number of hydrazone groups is 1. The number of aromatic nitrogens is 4. The molecule has 1 atom stereocenters. The zero-order chi connectivity index (χ0) is 27.8. The third kappa shape index (κ3) is 4.74. The number of urea groups is 1. The van der Waals surface area contributed by atoms with E-state index >= 15 is 0 Å². The fraction of sp³-hybridized carbons (Fsp3) is 0.320. The van der Waals surface area contributed by atoms with Crippen molar-refractivity contribution >= 4 is 24.1 Å². The molecule has 1 fully saturated rings. The molecule has 0 bridgehead atoms. The third-order valence-corrected chi connectivity index (χ3v) is 6.74. The first-order chi connectivity index (χ1) is 18.7. The standard InChI is InChI=1S/C25H24F2N10O2/c1-14-21(22(29)38)15(2)36(33-14)23-19(27)13-30-24(32-23)34-5-7-35(8-6-34)25(39)37-20(3-4-31-37)17-9-16(12-28)10-18(26)11-17/h4,9-11,13,20H,3,5-8H2,1-2H3,(H2,29,38). The minimum atomic E-state index is -0.718. The molecule has 5 rings (SSSR count). The van der Waals surface area contributed by atoms with Crippen molar-refractivity contribution in [2.45, 2.75) is 26.3 Å². The summed E-state index contributed by atoms with van der Waals surface area (Å²) in [5.41, 5.74) is 7.02. The molecular formula is C25H24F2N10O2. The highest BCUT2D eigenvalue weighted by Gasteiger charge is 2.34. The van der Waals surface area contributed by atoms with Gasteiger partial charge in [0.2, 0.25) is 5.95 Å². The number of aryl methyl sites for hydroxylation is 1. The molecule has 3 aromatic rings. The smallest absolute Gasteiger partial charge is 0.341 e. The van der Waals surface area contributed by atoms with Gasteiger partial charge in [-0.3, -0.25) is 4.79 Å². The molecular weight excluding hydrogens is 510 g/mol. The van der Waals surface area contributed by atoms with Crippen LogP contribution in [0.3, 0.4) is 0 Å². The number of carbonyl (C=O) groups is 2. The Bertz CT molecular complexity index is 1540. The molecule has 2 aliphatic heterocycles. The van der Waals surface area contributed by atoms with E-state index in [1.165, 1.54) is 15.8 Å². The summed E-state index contributed by atoms with van der Waals surface area (Å²) >= 11 is 0. The monoisotopic (exact) mass is 534 g/mol. The Morgan fingerprint density at radius 2 is 1.87 bits per heavy atom. The first-order valence-electron chi connectivity index (χ1n) is 12.1. The van der Waals surface area contributed by atoms with E-state index in [0.29, 0.717) is 49.6 Å². The largest absolute Gasteiger partial charge is 0.365 e. The Hall–Kier alpha value is -4.93. The third-order valence-electron chi connectivity index (χ3n) is 6.74. The van der Waals surface area contributed by atoms with Crippen LogP contribution in [-0.4, -0.2) is 74.0 Å². The van der Waals surface area contributed by atoms with Crippen molar-refractivity contribution in [3.8, 4) is 11.9 Å². The molecule has 1 saturated heterocycles. The molecule has 4 heterocycles. The van der Waals surface area contributed by atoms with Crippen LogP contribution in [0.2, 0.25) is 0 Å². The predicted molar refractivity (Wildman–Crippen MR) is 135 cm³/mol. The maximum absolute atomic E-state index is 14.7. The number of amides is 3. The van der Waals surface area contributed by atoms with E-state index in [0.717, 1.165) is 12.3 Å². The van der Waals surface area contributed by atoms with Crippen molar-refractivity contribution in [1.29, 1.82) is 5.26 Å². The van der Waals surface area contributed by atoms with Gasteiger partial charge in [0.1, 0.15) is 5.82 Å². The molecule has 14 heteroatoms. The van der Waals surface area contributed by atoms with Gasteiger partial charge in [0.25, 0.3) is 5.91 Å². The predicted octanol–water partition coefficient (Wildman–Crippen LogP) is 2.20. The van der Waals surface area contributed by atoms with Gasteiger partial charge in [-0.2, -0.15) is 20.4 Å². The number of piperazine rings is 1. The van der Waals surface area contributed by atoms with Gasteiger partial charge < -0.3 is 15.5 Å². The molecule has 0 spiro atoms. The number of hydrogen-bond acceptors (Lipinski definition) is 8. The number of nitriles is 1. The van der Waals surface area contributed by atoms with Crippen molar-refractivity contribution in [3.63, 3.8) is 0 Å². The van der Waals surface area contributed by atoms with Gasteiger partial charge in [0, 0.05) is 38.8 Å². The number of halogens is 2. The van der Waals surface area contributed by atoms with Crippen LogP contribution < -0.4 is 10.6 Å². The van der Waals surface area contributed by atoms with Gasteiger partial charge in [-0.25, -0.2) is 28.3 Å². The van der Waals surface area contributed by atoms with Gasteiger partial charge in [-0.1, -0.05) is 0 Å². The molecule has 0 saturated carbocycles.